The number of anilines is 1. The molecule has 0 saturated carbocycles. The predicted octanol–water partition coefficient (Wildman–Crippen LogP) is 4.70. The number of nitrogens with zero attached hydrogens (tertiary/aromatic N) is 2. The van der Waals surface area contributed by atoms with Crippen molar-refractivity contribution in [2.75, 3.05) is 5.32 Å². The van der Waals surface area contributed by atoms with Crippen LogP contribution in [0.1, 0.15) is 29.9 Å². The molecule has 2 aromatic carbocycles. The summed E-state index contributed by atoms with van der Waals surface area (Å²) in [5, 5.41) is 5.06. The summed E-state index contributed by atoms with van der Waals surface area (Å²) in [5.74, 6) is -0.964. The molecule has 1 amide bonds. The SMILES string of the molecule is CCn1c2ccccc2c2cc(NC(=O)C(C)OC(=O)c3ccc(C)nc3)ccc21. The minimum absolute atomic E-state index is 0.314. The van der Waals surface area contributed by atoms with Crippen LogP contribution in [-0.4, -0.2) is 27.5 Å². The summed E-state index contributed by atoms with van der Waals surface area (Å²) in [6, 6.07) is 17.4. The van der Waals surface area contributed by atoms with Crippen LogP contribution in [0.5, 0.6) is 0 Å². The van der Waals surface area contributed by atoms with Gasteiger partial charge in [-0.25, -0.2) is 4.79 Å². The molecule has 0 radical (unpaired) electrons. The van der Waals surface area contributed by atoms with Gasteiger partial charge in [0.2, 0.25) is 0 Å². The highest BCUT2D eigenvalue weighted by Crippen LogP contribution is 2.31. The number of ether oxygens (including phenoxy) is 1. The van der Waals surface area contributed by atoms with Crippen LogP contribution in [-0.2, 0) is 16.1 Å². The predicted molar refractivity (Wildman–Crippen MR) is 118 cm³/mol. The first kappa shape index (κ1) is 19.6. The van der Waals surface area contributed by atoms with Gasteiger partial charge >= 0.3 is 5.97 Å². The lowest BCUT2D eigenvalue weighted by Crippen LogP contribution is -2.30. The van der Waals surface area contributed by atoms with Gasteiger partial charge in [-0.2, -0.15) is 0 Å². The Bertz CT molecular complexity index is 1240. The molecular weight excluding hydrogens is 378 g/mol. The number of nitrogens with one attached hydrogen (secondary N) is 1. The Labute approximate surface area is 174 Å². The lowest BCUT2D eigenvalue weighted by molar-refractivity contribution is -0.123. The molecule has 0 bridgehead atoms. The number of hydrogen-bond acceptors (Lipinski definition) is 4. The third kappa shape index (κ3) is 3.64. The summed E-state index contributed by atoms with van der Waals surface area (Å²) in [6.45, 7) is 6.36. The van der Waals surface area contributed by atoms with Crippen molar-refractivity contribution < 1.29 is 14.3 Å². The first-order valence-corrected chi connectivity index (χ1v) is 9.93. The van der Waals surface area contributed by atoms with Crippen molar-refractivity contribution in [3.8, 4) is 0 Å². The van der Waals surface area contributed by atoms with Crippen LogP contribution in [0.25, 0.3) is 21.8 Å². The van der Waals surface area contributed by atoms with Gasteiger partial charge in [-0.15, -0.1) is 0 Å². The minimum atomic E-state index is -0.938. The molecule has 0 aliphatic rings. The number of aryl methyl sites for hydroxylation is 2. The highest BCUT2D eigenvalue weighted by atomic mass is 16.5. The number of amides is 1. The molecule has 6 heteroatoms. The van der Waals surface area contributed by atoms with E-state index in [0.29, 0.717) is 11.3 Å². The number of pyridine rings is 1. The second-order valence-electron chi connectivity index (χ2n) is 7.22. The molecule has 0 aliphatic carbocycles. The summed E-state index contributed by atoms with van der Waals surface area (Å²) < 4.78 is 7.54. The van der Waals surface area contributed by atoms with E-state index in [0.717, 1.165) is 34.0 Å². The molecule has 2 heterocycles. The third-order valence-corrected chi connectivity index (χ3v) is 5.16. The van der Waals surface area contributed by atoms with E-state index in [1.807, 2.05) is 37.3 Å². The molecular formula is C24H23N3O3. The lowest BCUT2D eigenvalue weighted by atomic mass is 10.1. The fourth-order valence-electron chi connectivity index (χ4n) is 3.59. The highest BCUT2D eigenvalue weighted by molar-refractivity contribution is 6.10. The maximum absolute atomic E-state index is 12.6. The zero-order valence-corrected chi connectivity index (χ0v) is 17.2. The fourth-order valence-corrected chi connectivity index (χ4v) is 3.59. The van der Waals surface area contributed by atoms with Gasteiger partial charge < -0.3 is 14.6 Å². The maximum atomic E-state index is 12.6. The second kappa shape index (κ2) is 7.99. The number of hydrogen-bond donors (Lipinski definition) is 1. The Morgan fingerprint density at radius 1 is 1.07 bits per heavy atom. The Morgan fingerprint density at radius 3 is 2.57 bits per heavy atom. The van der Waals surface area contributed by atoms with Crippen LogP contribution in [0.15, 0.2) is 60.8 Å². The van der Waals surface area contributed by atoms with Crippen molar-refractivity contribution in [2.45, 2.75) is 33.4 Å². The monoisotopic (exact) mass is 401 g/mol. The van der Waals surface area contributed by atoms with E-state index in [-0.39, 0.29) is 5.91 Å². The van der Waals surface area contributed by atoms with Crippen molar-refractivity contribution in [2.24, 2.45) is 0 Å². The number of rotatable bonds is 5. The second-order valence-corrected chi connectivity index (χ2v) is 7.22. The Hall–Kier alpha value is -3.67. The molecule has 152 valence electrons. The average Bonchev–Trinajstić information content (AvgIpc) is 3.07. The molecule has 0 fully saturated rings. The number of esters is 1. The van der Waals surface area contributed by atoms with Gasteiger partial charge in [0.05, 0.1) is 5.56 Å². The van der Waals surface area contributed by atoms with Gasteiger partial charge in [0, 0.05) is 45.9 Å². The van der Waals surface area contributed by atoms with E-state index in [1.165, 1.54) is 6.20 Å². The van der Waals surface area contributed by atoms with Crippen molar-refractivity contribution in [3.63, 3.8) is 0 Å². The molecule has 0 aliphatic heterocycles. The third-order valence-electron chi connectivity index (χ3n) is 5.16. The number of carbonyl (C=O) groups is 2. The normalized spacial score (nSPS) is 12.1. The van der Waals surface area contributed by atoms with E-state index in [9.17, 15) is 9.59 Å². The Balaban J connectivity index is 1.53. The molecule has 1 N–H and O–H groups in total. The maximum Gasteiger partial charge on any atom is 0.340 e. The first-order valence-electron chi connectivity index (χ1n) is 9.93. The van der Waals surface area contributed by atoms with Crippen LogP contribution in [0.3, 0.4) is 0 Å². The number of fused-ring (bicyclic) bond motifs is 3. The van der Waals surface area contributed by atoms with Crippen LogP contribution in [0, 0.1) is 6.92 Å². The lowest BCUT2D eigenvalue weighted by Gasteiger charge is -2.14. The summed E-state index contributed by atoms with van der Waals surface area (Å²) in [6.07, 6.45) is 0.506. The van der Waals surface area contributed by atoms with Crippen molar-refractivity contribution in [1.29, 1.82) is 0 Å². The standard InChI is InChI=1S/C24H23N3O3/c1-4-27-21-8-6-5-7-19(21)20-13-18(11-12-22(20)27)26-23(28)16(3)30-24(29)17-10-9-15(2)25-14-17/h5-14,16H,4H2,1-3H3,(H,26,28). The first-order chi connectivity index (χ1) is 14.5. The fraction of sp³-hybridized carbons (Fsp3) is 0.208. The van der Waals surface area contributed by atoms with E-state index < -0.39 is 12.1 Å². The molecule has 30 heavy (non-hydrogen) atoms. The molecule has 4 rings (SSSR count). The molecule has 1 atom stereocenters. The summed E-state index contributed by atoms with van der Waals surface area (Å²) in [7, 11) is 0. The number of para-hydroxylation sites is 1. The van der Waals surface area contributed by atoms with Gasteiger partial charge in [0.1, 0.15) is 0 Å². The van der Waals surface area contributed by atoms with Crippen LogP contribution < -0.4 is 5.32 Å². The molecule has 1 unspecified atom stereocenters. The van der Waals surface area contributed by atoms with Crippen LogP contribution in [0.4, 0.5) is 5.69 Å². The Kier molecular flexibility index (Phi) is 5.23. The highest BCUT2D eigenvalue weighted by Gasteiger charge is 2.20. The van der Waals surface area contributed by atoms with E-state index in [2.05, 4.69) is 33.9 Å². The van der Waals surface area contributed by atoms with Gasteiger partial charge in [-0.05, 0) is 57.2 Å². The van der Waals surface area contributed by atoms with Gasteiger partial charge in [-0.3, -0.25) is 9.78 Å². The van der Waals surface area contributed by atoms with Crippen LogP contribution in [0.2, 0.25) is 0 Å². The summed E-state index contributed by atoms with van der Waals surface area (Å²) in [5.41, 5.74) is 4.05. The van der Waals surface area contributed by atoms with E-state index in [4.69, 9.17) is 4.74 Å². The molecule has 4 aromatic rings. The van der Waals surface area contributed by atoms with Crippen LogP contribution >= 0.6 is 0 Å². The van der Waals surface area contributed by atoms with E-state index in [1.54, 1.807) is 19.1 Å². The number of aromatic nitrogens is 2. The van der Waals surface area contributed by atoms with Gasteiger partial charge in [-0.1, -0.05) is 18.2 Å². The van der Waals surface area contributed by atoms with Crippen molar-refractivity contribution in [3.05, 3.63) is 72.1 Å². The quantitative estimate of drug-likeness (QED) is 0.492. The van der Waals surface area contributed by atoms with Gasteiger partial charge in [0.15, 0.2) is 6.10 Å². The molecule has 0 spiro atoms. The minimum Gasteiger partial charge on any atom is -0.449 e. The molecule has 6 nitrogen and oxygen atoms in total. The zero-order valence-electron chi connectivity index (χ0n) is 17.2. The summed E-state index contributed by atoms with van der Waals surface area (Å²) >= 11 is 0. The number of benzene rings is 2. The van der Waals surface area contributed by atoms with E-state index >= 15 is 0 Å². The molecule has 2 aromatic heterocycles. The zero-order chi connectivity index (χ0) is 21.3. The molecule has 0 saturated heterocycles. The largest absolute Gasteiger partial charge is 0.449 e. The summed E-state index contributed by atoms with van der Waals surface area (Å²) in [4.78, 5) is 28.9. The van der Waals surface area contributed by atoms with Gasteiger partial charge in [0.25, 0.3) is 5.91 Å². The topological polar surface area (TPSA) is 73.2 Å². The number of carbonyl (C=O) groups excluding carboxylic acids is 2. The Morgan fingerprint density at radius 2 is 1.83 bits per heavy atom. The van der Waals surface area contributed by atoms with Crippen molar-refractivity contribution in [1.82, 2.24) is 9.55 Å². The smallest absolute Gasteiger partial charge is 0.340 e. The average molecular weight is 401 g/mol. The van der Waals surface area contributed by atoms with Crippen molar-refractivity contribution >= 4 is 39.4 Å².